The zero-order chi connectivity index (χ0) is 23.9. The van der Waals surface area contributed by atoms with E-state index in [4.69, 9.17) is 0 Å². The van der Waals surface area contributed by atoms with Crippen LogP contribution in [0.2, 0.25) is 0 Å². The predicted octanol–water partition coefficient (Wildman–Crippen LogP) is 4.82. The van der Waals surface area contributed by atoms with Gasteiger partial charge in [-0.05, 0) is 48.6 Å². The van der Waals surface area contributed by atoms with Crippen LogP contribution >= 0.6 is 0 Å². The van der Waals surface area contributed by atoms with E-state index in [1.807, 2.05) is 73.3 Å². The van der Waals surface area contributed by atoms with Crippen molar-refractivity contribution >= 4 is 26.6 Å². The zero-order valence-electron chi connectivity index (χ0n) is 19.5. The standard InChI is InChI=1S/C28H28N2O3S/c1-20-11-12-21(2)24(15-20)19-34(32,33)27-17-30(26-10-6-5-9-25(26)27)18-28(31)29-14-13-22-7-3-4-8-23(22)16-29/h3-12,15,17H,13-14,16,18-19H2,1-2H3. The maximum Gasteiger partial charge on any atom is 0.242 e. The molecule has 6 heteroatoms. The molecule has 0 spiro atoms. The second-order valence-corrected chi connectivity index (χ2v) is 11.1. The van der Waals surface area contributed by atoms with Gasteiger partial charge in [0.05, 0.1) is 10.6 Å². The van der Waals surface area contributed by atoms with Gasteiger partial charge in [-0.25, -0.2) is 8.42 Å². The van der Waals surface area contributed by atoms with Crippen LogP contribution in [0, 0.1) is 13.8 Å². The van der Waals surface area contributed by atoms with Gasteiger partial charge >= 0.3 is 0 Å². The monoisotopic (exact) mass is 472 g/mol. The SMILES string of the molecule is Cc1ccc(C)c(CS(=O)(=O)c2cn(CC(=O)N3CCc4ccccc4C3)c3ccccc23)c1. The fraction of sp³-hybridized carbons (Fsp3) is 0.250. The Morgan fingerprint density at radius 2 is 1.68 bits per heavy atom. The minimum Gasteiger partial charge on any atom is -0.337 e. The van der Waals surface area contributed by atoms with Crippen LogP contribution in [0.1, 0.15) is 27.8 Å². The van der Waals surface area contributed by atoms with Crippen LogP contribution in [0.3, 0.4) is 0 Å². The molecule has 0 unspecified atom stereocenters. The number of aromatic nitrogens is 1. The van der Waals surface area contributed by atoms with Crippen molar-refractivity contribution in [2.75, 3.05) is 6.54 Å². The minimum atomic E-state index is -3.60. The highest BCUT2D eigenvalue weighted by molar-refractivity contribution is 7.90. The van der Waals surface area contributed by atoms with Gasteiger partial charge in [0.15, 0.2) is 9.84 Å². The van der Waals surface area contributed by atoms with E-state index in [0.29, 0.717) is 18.5 Å². The summed E-state index contributed by atoms with van der Waals surface area (Å²) in [7, 11) is -3.60. The van der Waals surface area contributed by atoms with Crippen molar-refractivity contribution in [1.82, 2.24) is 9.47 Å². The Hall–Kier alpha value is -3.38. The van der Waals surface area contributed by atoms with Crippen molar-refractivity contribution in [3.05, 3.63) is 101 Å². The molecule has 5 nitrogen and oxygen atoms in total. The van der Waals surface area contributed by atoms with Crippen molar-refractivity contribution < 1.29 is 13.2 Å². The number of hydrogen-bond acceptors (Lipinski definition) is 3. The zero-order valence-corrected chi connectivity index (χ0v) is 20.3. The number of benzene rings is 3. The van der Waals surface area contributed by atoms with E-state index in [2.05, 4.69) is 12.1 Å². The normalized spacial score (nSPS) is 13.8. The third kappa shape index (κ3) is 4.26. The summed E-state index contributed by atoms with van der Waals surface area (Å²) in [4.78, 5) is 15.3. The van der Waals surface area contributed by atoms with Gasteiger partial charge < -0.3 is 9.47 Å². The van der Waals surface area contributed by atoms with Crippen LogP contribution < -0.4 is 0 Å². The minimum absolute atomic E-state index is 0.00580. The van der Waals surface area contributed by atoms with Gasteiger partial charge in [-0.1, -0.05) is 66.2 Å². The van der Waals surface area contributed by atoms with E-state index < -0.39 is 9.84 Å². The van der Waals surface area contributed by atoms with Gasteiger partial charge in [-0.15, -0.1) is 0 Å². The first-order valence-electron chi connectivity index (χ1n) is 11.5. The van der Waals surface area contributed by atoms with Crippen LogP contribution in [0.5, 0.6) is 0 Å². The summed E-state index contributed by atoms with van der Waals surface area (Å²) >= 11 is 0. The maximum atomic E-state index is 13.5. The van der Waals surface area contributed by atoms with Crippen molar-refractivity contribution in [3.63, 3.8) is 0 Å². The van der Waals surface area contributed by atoms with Crippen LogP contribution in [0.15, 0.2) is 77.8 Å². The van der Waals surface area contributed by atoms with E-state index >= 15 is 0 Å². The fourth-order valence-electron chi connectivity index (χ4n) is 4.78. The second-order valence-electron chi connectivity index (χ2n) is 9.16. The van der Waals surface area contributed by atoms with Gasteiger partial charge in [-0.3, -0.25) is 4.79 Å². The molecule has 1 aromatic heterocycles. The largest absolute Gasteiger partial charge is 0.337 e. The molecule has 2 heterocycles. The summed E-state index contributed by atoms with van der Waals surface area (Å²) in [5, 5.41) is 0.657. The van der Waals surface area contributed by atoms with Gasteiger partial charge in [0, 0.05) is 30.2 Å². The first-order chi connectivity index (χ1) is 16.3. The first-order valence-corrected chi connectivity index (χ1v) is 13.2. The lowest BCUT2D eigenvalue weighted by atomic mass is 10.00. The molecule has 174 valence electrons. The highest BCUT2D eigenvalue weighted by Gasteiger charge is 2.25. The maximum absolute atomic E-state index is 13.5. The first kappa shape index (κ1) is 22.4. The molecule has 4 aromatic rings. The highest BCUT2D eigenvalue weighted by Crippen LogP contribution is 2.29. The van der Waals surface area contributed by atoms with Gasteiger partial charge in [0.2, 0.25) is 5.91 Å². The number of rotatable bonds is 5. The van der Waals surface area contributed by atoms with Crippen LogP contribution in [-0.2, 0) is 39.9 Å². The van der Waals surface area contributed by atoms with E-state index in [1.165, 1.54) is 11.1 Å². The van der Waals surface area contributed by atoms with Gasteiger partial charge in [0.1, 0.15) is 6.54 Å². The molecule has 5 rings (SSSR count). The van der Waals surface area contributed by atoms with Crippen LogP contribution in [0.25, 0.3) is 10.9 Å². The van der Waals surface area contributed by atoms with E-state index in [9.17, 15) is 13.2 Å². The number of nitrogens with zero attached hydrogens (tertiary/aromatic N) is 2. The Morgan fingerprint density at radius 3 is 2.50 bits per heavy atom. The van der Waals surface area contributed by atoms with Crippen molar-refractivity contribution in [3.8, 4) is 0 Å². The number of amides is 1. The number of sulfone groups is 1. The molecular weight excluding hydrogens is 444 g/mol. The molecule has 3 aromatic carbocycles. The quantitative estimate of drug-likeness (QED) is 0.419. The molecule has 1 amide bonds. The molecule has 0 radical (unpaired) electrons. The molecule has 1 aliphatic heterocycles. The Kier molecular flexibility index (Phi) is 5.78. The number of hydrogen-bond donors (Lipinski definition) is 0. The number of aryl methyl sites for hydroxylation is 2. The average molecular weight is 473 g/mol. The third-order valence-corrected chi connectivity index (χ3v) is 8.41. The smallest absolute Gasteiger partial charge is 0.242 e. The third-order valence-electron chi connectivity index (χ3n) is 6.73. The van der Waals surface area contributed by atoms with E-state index in [0.717, 1.165) is 28.6 Å². The molecule has 0 atom stereocenters. The lowest BCUT2D eigenvalue weighted by Gasteiger charge is -2.29. The average Bonchev–Trinajstić information content (AvgIpc) is 3.20. The number of para-hydroxylation sites is 1. The van der Waals surface area contributed by atoms with Gasteiger partial charge in [-0.2, -0.15) is 0 Å². The summed E-state index contributed by atoms with van der Waals surface area (Å²) in [6, 6.07) is 21.5. The Bertz CT molecular complexity index is 1500. The molecular formula is C28H28N2O3S. The molecule has 0 saturated heterocycles. The molecule has 0 N–H and O–H groups in total. The van der Waals surface area contributed by atoms with Gasteiger partial charge in [0.25, 0.3) is 0 Å². The van der Waals surface area contributed by atoms with Crippen molar-refractivity contribution in [2.24, 2.45) is 0 Å². The topological polar surface area (TPSA) is 59.4 Å². The second kappa shape index (κ2) is 8.76. The van der Waals surface area contributed by atoms with Crippen molar-refractivity contribution in [2.45, 2.75) is 44.0 Å². The summed E-state index contributed by atoms with van der Waals surface area (Å²) in [6.07, 6.45) is 2.48. The lowest BCUT2D eigenvalue weighted by molar-refractivity contribution is -0.132. The Labute approximate surface area is 200 Å². The molecule has 1 aliphatic rings. The van der Waals surface area contributed by atoms with E-state index in [1.54, 1.807) is 10.8 Å². The number of carbonyl (C=O) groups excluding carboxylic acids is 1. The lowest BCUT2D eigenvalue weighted by Crippen LogP contribution is -2.37. The summed E-state index contributed by atoms with van der Waals surface area (Å²) in [6.45, 7) is 5.27. The molecule has 0 fully saturated rings. The highest BCUT2D eigenvalue weighted by atomic mass is 32.2. The number of carbonyl (C=O) groups is 1. The number of fused-ring (bicyclic) bond motifs is 2. The molecule has 0 aliphatic carbocycles. The Balaban J connectivity index is 1.45. The predicted molar refractivity (Wildman–Crippen MR) is 134 cm³/mol. The Morgan fingerprint density at radius 1 is 0.941 bits per heavy atom. The summed E-state index contributed by atoms with van der Waals surface area (Å²) in [5.41, 5.74) is 6.02. The fourth-order valence-corrected chi connectivity index (χ4v) is 6.46. The molecule has 34 heavy (non-hydrogen) atoms. The summed E-state index contributed by atoms with van der Waals surface area (Å²) in [5.74, 6) is -0.0699. The van der Waals surface area contributed by atoms with Crippen LogP contribution in [0.4, 0.5) is 0 Å². The van der Waals surface area contributed by atoms with E-state index in [-0.39, 0.29) is 23.1 Å². The molecule has 0 saturated carbocycles. The van der Waals surface area contributed by atoms with Crippen molar-refractivity contribution in [1.29, 1.82) is 0 Å². The molecule has 0 bridgehead atoms. The van der Waals surface area contributed by atoms with Crippen LogP contribution in [-0.4, -0.2) is 30.3 Å². The summed E-state index contributed by atoms with van der Waals surface area (Å²) < 4.78 is 28.8.